The van der Waals surface area contributed by atoms with Gasteiger partial charge in [0.2, 0.25) is 0 Å². The van der Waals surface area contributed by atoms with Crippen molar-refractivity contribution in [3.63, 3.8) is 0 Å². The van der Waals surface area contributed by atoms with Gasteiger partial charge in [0.05, 0.1) is 0 Å². The molecule has 1 heterocycles. The molecule has 1 atom stereocenters. The third kappa shape index (κ3) is 4.20. The van der Waals surface area contributed by atoms with Gasteiger partial charge in [0.15, 0.2) is 0 Å². The molecule has 0 saturated carbocycles. The van der Waals surface area contributed by atoms with Gasteiger partial charge < -0.3 is 0 Å². The van der Waals surface area contributed by atoms with Gasteiger partial charge in [-0.15, -0.1) is 11.6 Å². The molecule has 0 aliphatic heterocycles. The van der Waals surface area contributed by atoms with Crippen LogP contribution < -0.4 is 0 Å². The maximum atomic E-state index is 6.17. The molecule has 86 valence electrons. The Labute approximate surface area is 96.8 Å². The van der Waals surface area contributed by atoms with E-state index in [0.29, 0.717) is 0 Å². The Morgan fingerprint density at radius 2 is 2.13 bits per heavy atom. The van der Waals surface area contributed by atoms with Crippen LogP contribution in [0, 0.1) is 0 Å². The summed E-state index contributed by atoms with van der Waals surface area (Å²) in [6.45, 7) is 5.26. The van der Waals surface area contributed by atoms with Crippen molar-refractivity contribution < 1.29 is 0 Å². The molecule has 0 saturated heterocycles. The van der Waals surface area contributed by atoms with E-state index in [1.807, 2.05) is 4.68 Å². The molecule has 0 aliphatic rings. The summed E-state index contributed by atoms with van der Waals surface area (Å²) in [5.74, 6) is 1.07. The van der Waals surface area contributed by atoms with Gasteiger partial charge in [0.1, 0.15) is 12.2 Å². The number of hydrogen-bond acceptors (Lipinski definition) is 2. The summed E-state index contributed by atoms with van der Waals surface area (Å²) in [6, 6.07) is 0. The molecule has 3 nitrogen and oxygen atoms in total. The van der Waals surface area contributed by atoms with Gasteiger partial charge in [0.25, 0.3) is 0 Å². The fourth-order valence-corrected chi connectivity index (χ4v) is 1.95. The largest absolute Gasteiger partial charge is 0.250 e. The third-order valence-corrected chi connectivity index (χ3v) is 2.85. The molecule has 0 spiro atoms. The molecule has 4 heteroatoms. The molecule has 0 radical (unpaired) electrons. The van der Waals surface area contributed by atoms with Crippen molar-refractivity contribution in [1.29, 1.82) is 0 Å². The highest BCUT2D eigenvalue weighted by atomic mass is 35.5. The molecule has 1 aromatic heterocycles. The predicted molar refractivity (Wildman–Crippen MR) is 63.2 cm³/mol. The first-order valence-corrected chi connectivity index (χ1v) is 6.22. The zero-order valence-corrected chi connectivity index (χ0v) is 10.4. The van der Waals surface area contributed by atoms with Crippen molar-refractivity contribution in [3.05, 3.63) is 12.2 Å². The minimum Gasteiger partial charge on any atom is -0.250 e. The number of nitrogens with zero attached hydrogens (tertiary/aromatic N) is 3. The quantitative estimate of drug-likeness (QED) is 0.673. The molecule has 0 amide bonds. The second kappa shape index (κ2) is 6.83. The zero-order chi connectivity index (χ0) is 11.1. The summed E-state index contributed by atoms with van der Waals surface area (Å²) in [5.41, 5.74) is 0. The number of aromatic nitrogens is 3. The van der Waals surface area contributed by atoms with Crippen molar-refractivity contribution >= 4 is 11.6 Å². The van der Waals surface area contributed by atoms with E-state index in [9.17, 15) is 0 Å². The Kier molecular flexibility index (Phi) is 5.69. The van der Waals surface area contributed by atoms with Gasteiger partial charge in [-0.2, -0.15) is 5.10 Å². The lowest BCUT2D eigenvalue weighted by molar-refractivity contribution is 0.553. The van der Waals surface area contributed by atoms with Gasteiger partial charge >= 0.3 is 0 Å². The first-order valence-electron chi connectivity index (χ1n) is 5.78. The van der Waals surface area contributed by atoms with Crippen LogP contribution in [-0.2, 0) is 13.0 Å². The number of alkyl halides is 1. The summed E-state index contributed by atoms with van der Waals surface area (Å²) in [5, 5.41) is 4.47. The number of halogens is 1. The van der Waals surface area contributed by atoms with Gasteiger partial charge in [-0.1, -0.05) is 20.3 Å². The average molecular weight is 230 g/mol. The Morgan fingerprint density at radius 3 is 2.80 bits per heavy atom. The highest BCUT2D eigenvalue weighted by Crippen LogP contribution is 2.12. The monoisotopic (exact) mass is 229 g/mol. The van der Waals surface area contributed by atoms with E-state index < -0.39 is 0 Å². The Bertz CT molecular complexity index is 273. The van der Waals surface area contributed by atoms with Crippen LogP contribution in [0.4, 0.5) is 0 Å². The van der Waals surface area contributed by atoms with Crippen LogP contribution >= 0.6 is 11.6 Å². The lowest BCUT2D eigenvalue weighted by Crippen LogP contribution is -2.08. The van der Waals surface area contributed by atoms with Gasteiger partial charge in [0, 0.05) is 18.3 Å². The van der Waals surface area contributed by atoms with Crippen LogP contribution in [0.5, 0.6) is 0 Å². The van der Waals surface area contributed by atoms with Gasteiger partial charge in [-0.25, -0.2) is 4.98 Å². The minimum atomic E-state index is 0.279. The van der Waals surface area contributed by atoms with E-state index in [4.69, 9.17) is 11.6 Å². The van der Waals surface area contributed by atoms with Crippen LogP contribution in [0.2, 0.25) is 0 Å². The second-order valence-corrected chi connectivity index (χ2v) is 4.44. The lowest BCUT2D eigenvalue weighted by atomic mass is 10.1. The summed E-state index contributed by atoms with van der Waals surface area (Å²) in [4.78, 5) is 4.26. The van der Waals surface area contributed by atoms with E-state index in [1.54, 1.807) is 6.33 Å². The maximum Gasteiger partial charge on any atom is 0.138 e. The maximum absolute atomic E-state index is 6.17. The van der Waals surface area contributed by atoms with Crippen LogP contribution in [-0.4, -0.2) is 20.1 Å². The van der Waals surface area contributed by atoms with E-state index in [0.717, 1.165) is 44.5 Å². The fraction of sp³-hybridized carbons (Fsp3) is 0.818. The van der Waals surface area contributed by atoms with Crippen molar-refractivity contribution in [3.8, 4) is 0 Å². The molecule has 1 rings (SSSR count). The van der Waals surface area contributed by atoms with Gasteiger partial charge in [-0.05, 0) is 19.3 Å². The molecule has 0 bridgehead atoms. The van der Waals surface area contributed by atoms with Crippen molar-refractivity contribution in [1.82, 2.24) is 14.8 Å². The Balaban J connectivity index is 2.39. The topological polar surface area (TPSA) is 30.7 Å². The molecule has 0 aromatic carbocycles. The van der Waals surface area contributed by atoms with Crippen molar-refractivity contribution in [2.24, 2.45) is 0 Å². The van der Waals surface area contributed by atoms with E-state index in [1.165, 1.54) is 0 Å². The van der Waals surface area contributed by atoms with Crippen LogP contribution in [0.3, 0.4) is 0 Å². The molecular formula is C11H20ClN3. The van der Waals surface area contributed by atoms with E-state index >= 15 is 0 Å². The number of hydrogen-bond donors (Lipinski definition) is 0. The zero-order valence-electron chi connectivity index (χ0n) is 9.62. The van der Waals surface area contributed by atoms with Crippen molar-refractivity contribution in [2.45, 2.75) is 57.9 Å². The highest BCUT2D eigenvalue weighted by molar-refractivity contribution is 6.20. The average Bonchev–Trinajstić information content (AvgIpc) is 2.64. The summed E-state index contributed by atoms with van der Waals surface area (Å²) < 4.78 is 1.98. The lowest BCUT2D eigenvalue weighted by Gasteiger charge is -2.08. The Hall–Kier alpha value is -0.570. The normalized spacial score (nSPS) is 13.0. The summed E-state index contributed by atoms with van der Waals surface area (Å²) in [6.07, 6.45) is 6.90. The van der Waals surface area contributed by atoms with Crippen LogP contribution in [0.1, 0.15) is 45.4 Å². The molecule has 15 heavy (non-hydrogen) atoms. The summed E-state index contributed by atoms with van der Waals surface area (Å²) in [7, 11) is 0. The standard InChI is InChI=1S/C11H20ClN3/c1-3-5-10(12)6-7-11-13-9-14-15(11)8-4-2/h9-10H,3-8H2,1-2H3. The number of aryl methyl sites for hydroxylation is 2. The summed E-state index contributed by atoms with van der Waals surface area (Å²) >= 11 is 6.17. The molecule has 0 N–H and O–H groups in total. The molecule has 1 aromatic rings. The van der Waals surface area contributed by atoms with E-state index in [-0.39, 0.29) is 5.38 Å². The molecule has 1 unspecified atom stereocenters. The highest BCUT2D eigenvalue weighted by Gasteiger charge is 2.07. The predicted octanol–water partition coefficient (Wildman–Crippen LogP) is 3.03. The fourth-order valence-electron chi connectivity index (χ4n) is 1.62. The second-order valence-electron chi connectivity index (χ2n) is 3.82. The van der Waals surface area contributed by atoms with Crippen molar-refractivity contribution in [2.75, 3.05) is 0 Å². The minimum absolute atomic E-state index is 0.279. The molecule has 0 aliphatic carbocycles. The first kappa shape index (κ1) is 12.5. The molecule has 0 fully saturated rings. The van der Waals surface area contributed by atoms with E-state index in [2.05, 4.69) is 23.9 Å². The smallest absolute Gasteiger partial charge is 0.138 e. The SMILES string of the molecule is CCCC(Cl)CCc1ncnn1CCC. The van der Waals surface area contributed by atoms with Crippen LogP contribution in [0.15, 0.2) is 6.33 Å². The number of rotatable bonds is 7. The molecular weight excluding hydrogens is 210 g/mol. The third-order valence-electron chi connectivity index (χ3n) is 2.41. The van der Waals surface area contributed by atoms with Crippen LogP contribution in [0.25, 0.3) is 0 Å². The first-order chi connectivity index (χ1) is 7.27. The van der Waals surface area contributed by atoms with Gasteiger partial charge in [-0.3, -0.25) is 4.68 Å². The Morgan fingerprint density at radius 1 is 1.33 bits per heavy atom.